The molecular formula is C42H34Cl4F4N10O4. The molecule has 22 heteroatoms. The molecule has 2 aliphatic carbocycles. The molecule has 0 unspecified atom stereocenters. The maximum Gasteiger partial charge on any atom is 0.267 e. The van der Waals surface area contributed by atoms with E-state index in [9.17, 15) is 36.7 Å². The van der Waals surface area contributed by atoms with E-state index in [4.69, 9.17) is 52.0 Å². The largest absolute Gasteiger partial charge is 0.364 e. The molecule has 0 saturated heterocycles. The van der Waals surface area contributed by atoms with Gasteiger partial charge in [-0.25, -0.2) is 37.5 Å². The fourth-order valence-corrected chi connectivity index (χ4v) is 7.28. The average Bonchev–Trinajstić information content (AvgIpc) is 3.86. The van der Waals surface area contributed by atoms with E-state index in [2.05, 4.69) is 35.9 Å². The SMILES string of the molecule is Cl.NC(=O)c1ccnc(Cl)n1.NC(=O)c1ccnc(N[C@H]2CCc3c(C(=O)Nc4ccc(F)c(Cl)c4)ccc(F)c32)n1.N[C@H]1CCc2c(C(=O)Nc3ccc(F)c(Cl)c3)ccc(F)c21. The Morgan fingerprint density at radius 2 is 1.08 bits per heavy atom. The molecule has 0 bridgehead atoms. The maximum atomic E-state index is 14.7. The smallest absolute Gasteiger partial charge is 0.267 e. The summed E-state index contributed by atoms with van der Waals surface area (Å²) in [4.78, 5) is 62.1. The Morgan fingerprint density at radius 3 is 1.58 bits per heavy atom. The normalized spacial score (nSPS) is 14.2. The van der Waals surface area contributed by atoms with E-state index in [1.54, 1.807) is 0 Å². The molecule has 4 amide bonds. The van der Waals surface area contributed by atoms with Crippen molar-refractivity contribution in [2.45, 2.75) is 37.8 Å². The van der Waals surface area contributed by atoms with Gasteiger partial charge in [-0.2, -0.15) is 0 Å². The number of carbonyl (C=O) groups is 4. The Morgan fingerprint density at radius 1 is 0.609 bits per heavy atom. The van der Waals surface area contributed by atoms with E-state index in [1.807, 2.05) is 0 Å². The minimum atomic E-state index is -0.705. The Bertz CT molecular complexity index is 2770. The summed E-state index contributed by atoms with van der Waals surface area (Å²) in [5.74, 6) is -4.07. The van der Waals surface area contributed by atoms with Crippen molar-refractivity contribution < 1.29 is 36.7 Å². The lowest BCUT2D eigenvalue weighted by molar-refractivity contribution is 0.0987. The molecule has 4 aromatic carbocycles. The summed E-state index contributed by atoms with van der Waals surface area (Å²) >= 11 is 16.8. The molecule has 64 heavy (non-hydrogen) atoms. The number of rotatable bonds is 8. The van der Waals surface area contributed by atoms with Crippen molar-refractivity contribution in [3.63, 3.8) is 0 Å². The Balaban J connectivity index is 0.000000203. The number of nitrogens with two attached hydrogens (primary N) is 3. The number of benzene rings is 4. The molecule has 8 rings (SSSR count). The summed E-state index contributed by atoms with van der Waals surface area (Å²) in [6, 6.07) is 14.9. The summed E-state index contributed by atoms with van der Waals surface area (Å²) in [7, 11) is 0. The molecule has 0 fully saturated rings. The van der Waals surface area contributed by atoms with Crippen LogP contribution in [-0.4, -0.2) is 43.6 Å². The molecule has 6 aromatic rings. The molecular weight excluding hydrogens is 926 g/mol. The molecule has 2 atom stereocenters. The van der Waals surface area contributed by atoms with Crippen LogP contribution in [0.1, 0.15) is 88.9 Å². The Hall–Kier alpha value is -6.44. The first kappa shape index (κ1) is 48.6. The van der Waals surface area contributed by atoms with E-state index in [0.717, 1.165) is 6.07 Å². The van der Waals surface area contributed by atoms with Crippen LogP contribution in [0, 0.1) is 23.3 Å². The van der Waals surface area contributed by atoms with Crippen LogP contribution in [0.3, 0.4) is 0 Å². The van der Waals surface area contributed by atoms with E-state index in [0.29, 0.717) is 70.4 Å². The molecule has 9 N–H and O–H groups in total. The van der Waals surface area contributed by atoms with Gasteiger partial charge in [0, 0.05) is 52.1 Å². The third kappa shape index (κ3) is 11.6. The second-order valence-corrected chi connectivity index (χ2v) is 14.9. The van der Waals surface area contributed by atoms with Crippen molar-refractivity contribution in [3.05, 3.63) is 169 Å². The molecule has 0 saturated carbocycles. The van der Waals surface area contributed by atoms with Crippen LogP contribution in [0.15, 0.2) is 85.2 Å². The molecule has 14 nitrogen and oxygen atoms in total. The summed E-state index contributed by atoms with van der Waals surface area (Å²) < 4.78 is 55.0. The second kappa shape index (κ2) is 21.3. The van der Waals surface area contributed by atoms with Crippen LogP contribution in [-0.2, 0) is 12.8 Å². The average molecular weight is 961 g/mol. The van der Waals surface area contributed by atoms with Gasteiger partial charge in [0.1, 0.15) is 34.7 Å². The lowest BCUT2D eigenvalue weighted by Gasteiger charge is -2.16. The summed E-state index contributed by atoms with van der Waals surface area (Å²) in [5.41, 5.74) is 19.5. The minimum Gasteiger partial charge on any atom is -0.364 e. The highest BCUT2D eigenvalue weighted by Gasteiger charge is 2.31. The second-order valence-electron chi connectivity index (χ2n) is 13.7. The van der Waals surface area contributed by atoms with Gasteiger partial charge in [0.25, 0.3) is 23.6 Å². The number of halogens is 8. The molecule has 332 valence electrons. The number of fused-ring (bicyclic) bond motifs is 2. The first-order valence-corrected chi connectivity index (χ1v) is 19.7. The summed E-state index contributed by atoms with van der Waals surface area (Å²) in [5, 5.41) is 8.11. The first-order valence-electron chi connectivity index (χ1n) is 18.6. The Kier molecular flexibility index (Phi) is 16.2. The lowest BCUT2D eigenvalue weighted by atomic mass is 10.0. The zero-order valence-electron chi connectivity index (χ0n) is 32.8. The highest BCUT2D eigenvalue weighted by Crippen LogP contribution is 2.38. The number of nitrogens with one attached hydrogen (secondary N) is 3. The minimum absolute atomic E-state index is 0. The van der Waals surface area contributed by atoms with Crippen LogP contribution in [0.5, 0.6) is 0 Å². The summed E-state index contributed by atoms with van der Waals surface area (Å²) in [6.45, 7) is 0. The molecule has 2 aliphatic rings. The number of carbonyl (C=O) groups excluding carboxylic acids is 4. The topological polar surface area (TPSA) is 234 Å². The number of amides is 4. The lowest BCUT2D eigenvalue weighted by Crippen LogP contribution is -2.17. The number of aromatic nitrogens is 4. The molecule has 2 aromatic heterocycles. The van der Waals surface area contributed by atoms with Crippen LogP contribution in [0.25, 0.3) is 0 Å². The predicted octanol–water partition coefficient (Wildman–Crippen LogP) is 8.33. The third-order valence-electron chi connectivity index (χ3n) is 9.65. The predicted molar refractivity (Wildman–Crippen MR) is 235 cm³/mol. The number of primary amides is 2. The van der Waals surface area contributed by atoms with E-state index in [-0.39, 0.29) is 56.9 Å². The van der Waals surface area contributed by atoms with Crippen molar-refractivity contribution in [1.29, 1.82) is 0 Å². The zero-order valence-corrected chi connectivity index (χ0v) is 35.9. The van der Waals surface area contributed by atoms with Gasteiger partial charge in [-0.3, -0.25) is 19.2 Å². The highest BCUT2D eigenvalue weighted by molar-refractivity contribution is 6.31. The van der Waals surface area contributed by atoms with E-state index in [1.165, 1.54) is 79.1 Å². The monoisotopic (exact) mass is 958 g/mol. The Labute approximate surface area is 382 Å². The highest BCUT2D eigenvalue weighted by atomic mass is 35.5. The molecule has 0 radical (unpaired) electrons. The van der Waals surface area contributed by atoms with Crippen LogP contribution < -0.4 is 33.2 Å². The van der Waals surface area contributed by atoms with Gasteiger partial charge < -0.3 is 33.2 Å². The van der Waals surface area contributed by atoms with E-state index >= 15 is 0 Å². The van der Waals surface area contributed by atoms with Gasteiger partial charge in [-0.1, -0.05) is 23.2 Å². The number of anilines is 3. The standard InChI is InChI=1S/C21H16ClF2N5O2.C16H13ClF2N2O.C5H4ClN3O.ClH/c22-13-9-10(1-4-14(13)23)27-20(31)12-2-5-15(24)18-11(12)3-6-16(18)28-21-26-8-7-17(29-21)19(25)30;17-11-7-8(1-4-12(11)18)21-16(22)10-2-5-13(19)15-9(10)3-6-14(15)20;6-5-8-2-1-3(9-5)4(7)10;/h1-2,4-5,7-9,16H,3,6H2,(H2,25,30)(H,27,31)(H,26,28,29);1-2,4-5,7,14H,3,6,20H2,(H,21,22);1-2H,(H2,7,10);1H/t16-;14-;;/m00../s1. The quantitative estimate of drug-likeness (QED) is 0.0630. The van der Waals surface area contributed by atoms with Crippen molar-refractivity contribution in [2.75, 3.05) is 16.0 Å². The summed E-state index contributed by atoms with van der Waals surface area (Å²) in [6.07, 6.45) is 4.84. The number of nitrogens with zero attached hydrogens (tertiary/aromatic N) is 4. The number of hydrogen-bond acceptors (Lipinski definition) is 10. The first-order chi connectivity index (χ1) is 30.0. The van der Waals surface area contributed by atoms with E-state index < -0.39 is 47.1 Å². The third-order valence-corrected chi connectivity index (χ3v) is 10.4. The fourth-order valence-electron chi connectivity index (χ4n) is 6.77. The van der Waals surface area contributed by atoms with Gasteiger partial charge in [-0.15, -0.1) is 12.4 Å². The fraction of sp³-hybridized carbons (Fsp3) is 0.143. The van der Waals surface area contributed by atoms with Crippen LogP contribution in [0.4, 0.5) is 34.9 Å². The van der Waals surface area contributed by atoms with Crippen molar-refractivity contribution in [1.82, 2.24) is 19.9 Å². The van der Waals surface area contributed by atoms with Crippen LogP contribution in [0.2, 0.25) is 15.3 Å². The van der Waals surface area contributed by atoms with Crippen molar-refractivity contribution in [3.8, 4) is 0 Å². The maximum absolute atomic E-state index is 14.7. The molecule has 0 spiro atoms. The molecule has 2 heterocycles. The van der Waals surface area contributed by atoms with Crippen molar-refractivity contribution in [2.24, 2.45) is 17.2 Å². The number of hydrogen-bond donors (Lipinski definition) is 6. The van der Waals surface area contributed by atoms with Gasteiger partial charge in [0.2, 0.25) is 11.2 Å². The van der Waals surface area contributed by atoms with Gasteiger partial charge in [-0.05, 0) is 121 Å². The van der Waals surface area contributed by atoms with Crippen LogP contribution >= 0.6 is 47.2 Å². The van der Waals surface area contributed by atoms with Crippen molar-refractivity contribution >= 4 is 88.2 Å². The van der Waals surface area contributed by atoms with Gasteiger partial charge in [0.05, 0.1) is 16.1 Å². The van der Waals surface area contributed by atoms with Gasteiger partial charge in [0.15, 0.2) is 0 Å². The zero-order chi connectivity index (χ0) is 45.5. The van der Waals surface area contributed by atoms with Gasteiger partial charge >= 0.3 is 0 Å². The molecule has 0 aliphatic heterocycles.